The highest BCUT2D eigenvalue weighted by atomic mass is 32.2. The molecule has 128 valence electrons. The van der Waals surface area contributed by atoms with Gasteiger partial charge in [0.05, 0.1) is 17.9 Å². The summed E-state index contributed by atoms with van der Waals surface area (Å²) in [6.07, 6.45) is 1.55. The number of hydrogen-bond acceptors (Lipinski definition) is 6. The van der Waals surface area contributed by atoms with Gasteiger partial charge < -0.3 is 13.8 Å². The number of hydrogen-bond donors (Lipinski definition) is 0. The summed E-state index contributed by atoms with van der Waals surface area (Å²) >= 11 is 1.39. The Morgan fingerprint density at radius 1 is 1.28 bits per heavy atom. The lowest BCUT2D eigenvalue weighted by Crippen LogP contribution is -2.49. The molecule has 3 heterocycles. The molecule has 0 spiro atoms. The lowest BCUT2D eigenvalue weighted by molar-refractivity contribution is -0.133. The van der Waals surface area contributed by atoms with Crippen LogP contribution in [0.4, 0.5) is 4.39 Å². The van der Waals surface area contributed by atoms with Crippen LogP contribution < -0.4 is 0 Å². The first-order valence-electron chi connectivity index (χ1n) is 7.72. The normalized spacial score (nSPS) is 14.5. The molecule has 0 bridgehead atoms. The van der Waals surface area contributed by atoms with E-state index in [1.165, 1.54) is 23.9 Å². The van der Waals surface area contributed by atoms with Gasteiger partial charge in [-0.25, -0.2) is 4.39 Å². The van der Waals surface area contributed by atoms with Gasteiger partial charge in [0.1, 0.15) is 5.82 Å². The molecule has 8 heteroatoms. The van der Waals surface area contributed by atoms with Crippen LogP contribution in [0.1, 0.15) is 11.8 Å². The Kier molecular flexibility index (Phi) is 4.27. The van der Waals surface area contributed by atoms with Crippen LogP contribution in [0.2, 0.25) is 0 Å². The summed E-state index contributed by atoms with van der Waals surface area (Å²) in [6, 6.07) is 9.63. The van der Waals surface area contributed by atoms with E-state index in [0.717, 1.165) is 4.90 Å². The minimum absolute atomic E-state index is 0.0383. The van der Waals surface area contributed by atoms with Crippen LogP contribution >= 0.6 is 11.8 Å². The number of aromatic nitrogens is 2. The summed E-state index contributed by atoms with van der Waals surface area (Å²) in [6.45, 7) is 1.12. The molecule has 0 saturated carbocycles. The van der Waals surface area contributed by atoms with Gasteiger partial charge in [0.25, 0.3) is 0 Å². The number of benzene rings is 1. The zero-order chi connectivity index (χ0) is 17.2. The number of carbonyl (C=O) groups excluding carboxylic acids is 1. The third-order valence-electron chi connectivity index (χ3n) is 3.94. The second kappa shape index (κ2) is 6.72. The molecule has 1 aliphatic heterocycles. The molecular weight excluding hydrogens is 345 g/mol. The minimum Gasteiger partial charge on any atom is -0.461 e. The lowest BCUT2D eigenvalue weighted by Gasteiger charge is -2.37. The standard InChI is InChI=1S/C17H14FN3O3S/c18-12-3-5-13(6-4-12)25-10-15(22)21-8-11(9-21)17-19-16(20-24-17)14-2-1-7-23-14/h1-7,11H,8-10H2. The SMILES string of the molecule is O=C(CSc1ccc(F)cc1)N1CC(c2nc(-c3ccco3)no2)C1. The quantitative estimate of drug-likeness (QED) is 0.652. The van der Waals surface area contributed by atoms with E-state index < -0.39 is 0 Å². The van der Waals surface area contributed by atoms with Gasteiger partial charge in [0.2, 0.25) is 17.6 Å². The Morgan fingerprint density at radius 2 is 2.08 bits per heavy atom. The van der Waals surface area contributed by atoms with Crippen molar-refractivity contribution < 1.29 is 18.1 Å². The van der Waals surface area contributed by atoms with Gasteiger partial charge >= 0.3 is 0 Å². The van der Waals surface area contributed by atoms with Gasteiger partial charge in [-0.15, -0.1) is 11.8 Å². The zero-order valence-corrected chi connectivity index (χ0v) is 13.9. The Bertz CT molecular complexity index is 858. The number of carbonyl (C=O) groups is 1. The van der Waals surface area contributed by atoms with Crippen LogP contribution in [-0.4, -0.2) is 39.8 Å². The molecule has 3 aromatic rings. The van der Waals surface area contributed by atoms with E-state index in [9.17, 15) is 9.18 Å². The maximum Gasteiger partial charge on any atom is 0.238 e. The van der Waals surface area contributed by atoms with E-state index >= 15 is 0 Å². The molecule has 1 saturated heterocycles. The highest BCUT2D eigenvalue weighted by molar-refractivity contribution is 8.00. The van der Waals surface area contributed by atoms with E-state index in [4.69, 9.17) is 8.94 Å². The zero-order valence-electron chi connectivity index (χ0n) is 13.1. The van der Waals surface area contributed by atoms with Crippen molar-refractivity contribution in [1.29, 1.82) is 0 Å². The Balaban J connectivity index is 1.28. The van der Waals surface area contributed by atoms with Crippen LogP contribution in [0.25, 0.3) is 11.6 Å². The third kappa shape index (κ3) is 3.43. The van der Waals surface area contributed by atoms with Gasteiger partial charge in [-0.05, 0) is 36.4 Å². The molecular formula is C17H14FN3O3S. The van der Waals surface area contributed by atoms with Crippen molar-refractivity contribution in [2.75, 3.05) is 18.8 Å². The van der Waals surface area contributed by atoms with E-state index in [2.05, 4.69) is 10.1 Å². The van der Waals surface area contributed by atoms with Gasteiger partial charge in [-0.3, -0.25) is 4.79 Å². The van der Waals surface area contributed by atoms with Crippen molar-refractivity contribution in [3.63, 3.8) is 0 Å². The fourth-order valence-corrected chi connectivity index (χ4v) is 3.31. The van der Waals surface area contributed by atoms with Crippen LogP contribution in [0, 0.1) is 5.82 Å². The van der Waals surface area contributed by atoms with Crippen molar-refractivity contribution in [2.24, 2.45) is 0 Å². The monoisotopic (exact) mass is 359 g/mol. The largest absolute Gasteiger partial charge is 0.461 e. The molecule has 1 aromatic carbocycles. The molecule has 6 nitrogen and oxygen atoms in total. The third-order valence-corrected chi connectivity index (χ3v) is 4.94. The number of amides is 1. The van der Waals surface area contributed by atoms with Crippen LogP contribution in [0.3, 0.4) is 0 Å². The summed E-state index contributed by atoms with van der Waals surface area (Å²) < 4.78 is 23.4. The molecule has 1 fully saturated rings. The molecule has 25 heavy (non-hydrogen) atoms. The number of halogens is 1. The predicted molar refractivity (Wildman–Crippen MR) is 88.4 cm³/mol. The van der Waals surface area contributed by atoms with Crippen molar-refractivity contribution in [1.82, 2.24) is 15.0 Å². The first kappa shape index (κ1) is 15.9. The van der Waals surface area contributed by atoms with E-state index in [1.807, 2.05) is 0 Å². The minimum atomic E-state index is -0.283. The molecule has 0 atom stereocenters. The fourth-order valence-electron chi connectivity index (χ4n) is 2.51. The molecule has 0 N–H and O–H groups in total. The molecule has 1 aliphatic rings. The van der Waals surface area contributed by atoms with Crippen LogP contribution in [0.15, 0.2) is 56.5 Å². The number of thioether (sulfide) groups is 1. The molecule has 0 unspecified atom stereocenters. The van der Waals surface area contributed by atoms with Crippen LogP contribution in [-0.2, 0) is 4.79 Å². The number of furan rings is 1. The molecule has 0 aliphatic carbocycles. The first-order chi connectivity index (χ1) is 12.2. The van der Waals surface area contributed by atoms with Crippen LogP contribution in [0.5, 0.6) is 0 Å². The van der Waals surface area contributed by atoms with Crippen molar-refractivity contribution in [2.45, 2.75) is 10.8 Å². The first-order valence-corrected chi connectivity index (χ1v) is 8.71. The van der Waals surface area contributed by atoms with Crippen molar-refractivity contribution >= 4 is 17.7 Å². The smallest absolute Gasteiger partial charge is 0.238 e. The summed E-state index contributed by atoms with van der Waals surface area (Å²) in [5.41, 5.74) is 0. The molecule has 0 radical (unpaired) electrons. The average Bonchev–Trinajstić information content (AvgIpc) is 3.24. The maximum atomic E-state index is 12.9. The summed E-state index contributed by atoms with van der Waals surface area (Å²) in [5, 5.41) is 3.90. The number of nitrogens with zero attached hydrogens (tertiary/aromatic N) is 3. The van der Waals surface area contributed by atoms with Gasteiger partial charge in [-0.1, -0.05) is 5.16 Å². The Hall–Kier alpha value is -2.61. The summed E-state index contributed by atoms with van der Waals surface area (Å²) in [5.74, 6) is 1.61. The molecule has 4 rings (SSSR count). The second-order valence-corrected chi connectivity index (χ2v) is 6.72. The molecule has 1 amide bonds. The number of likely N-dealkylation sites (tertiary alicyclic amines) is 1. The highest BCUT2D eigenvalue weighted by Gasteiger charge is 2.35. The Morgan fingerprint density at radius 3 is 2.80 bits per heavy atom. The second-order valence-electron chi connectivity index (χ2n) is 5.67. The Labute approximate surface area is 147 Å². The molecule has 2 aromatic heterocycles. The van der Waals surface area contributed by atoms with Crippen molar-refractivity contribution in [3.05, 3.63) is 54.4 Å². The fraction of sp³-hybridized carbons (Fsp3) is 0.235. The van der Waals surface area contributed by atoms with Crippen molar-refractivity contribution in [3.8, 4) is 11.6 Å². The predicted octanol–water partition coefficient (Wildman–Crippen LogP) is 3.19. The van der Waals surface area contributed by atoms with E-state index in [-0.39, 0.29) is 17.6 Å². The van der Waals surface area contributed by atoms with E-state index in [0.29, 0.717) is 36.3 Å². The van der Waals surface area contributed by atoms with Gasteiger partial charge in [0, 0.05) is 18.0 Å². The summed E-state index contributed by atoms with van der Waals surface area (Å²) in [4.78, 5) is 19.1. The number of rotatable bonds is 5. The topological polar surface area (TPSA) is 72.4 Å². The maximum absolute atomic E-state index is 12.9. The van der Waals surface area contributed by atoms with E-state index in [1.54, 1.807) is 35.4 Å². The van der Waals surface area contributed by atoms with Gasteiger partial charge in [0.15, 0.2) is 5.76 Å². The summed E-state index contributed by atoms with van der Waals surface area (Å²) in [7, 11) is 0. The average molecular weight is 359 g/mol. The highest BCUT2D eigenvalue weighted by Crippen LogP contribution is 2.29. The van der Waals surface area contributed by atoms with Gasteiger partial charge in [-0.2, -0.15) is 4.98 Å². The lowest BCUT2D eigenvalue weighted by atomic mass is 10.0.